The zero-order chi connectivity index (χ0) is 18.2. The van der Waals surface area contributed by atoms with Crippen LogP contribution in [0.2, 0.25) is 0 Å². The Morgan fingerprint density at radius 2 is 1.42 bits per heavy atom. The van der Waals surface area contributed by atoms with Gasteiger partial charge in [0.2, 0.25) is 0 Å². The average molecular weight is 358 g/mol. The number of hydrogen-bond acceptors (Lipinski definition) is 4. The predicted octanol–water partition coefficient (Wildman–Crippen LogP) is 4.25. The number of hydrogen-bond donors (Lipinski definition) is 0. The first kappa shape index (κ1) is 18.3. The summed E-state index contributed by atoms with van der Waals surface area (Å²) in [6.07, 6.45) is 16.4. The molecule has 2 heterocycles. The van der Waals surface area contributed by atoms with Gasteiger partial charge in [-0.25, -0.2) is 0 Å². The van der Waals surface area contributed by atoms with Gasteiger partial charge in [-0.05, 0) is 37.7 Å². The third-order valence-electron chi connectivity index (χ3n) is 6.27. The molecule has 2 aliphatic carbocycles. The van der Waals surface area contributed by atoms with E-state index in [1.54, 1.807) is 0 Å². The van der Waals surface area contributed by atoms with Crippen LogP contribution in [0.3, 0.4) is 0 Å². The van der Waals surface area contributed by atoms with Gasteiger partial charge in [-0.1, -0.05) is 12.7 Å². The van der Waals surface area contributed by atoms with Gasteiger partial charge in [0.15, 0.2) is 11.6 Å². The van der Waals surface area contributed by atoms with E-state index in [1.807, 2.05) is 6.08 Å². The van der Waals surface area contributed by atoms with Crippen molar-refractivity contribution in [2.24, 2.45) is 0 Å². The molecule has 0 radical (unpaired) electrons. The number of rotatable bonds is 5. The first-order valence-corrected chi connectivity index (χ1v) is 10.0. The third kappa shape index (κ3) is 3.16. The molecule has 4 atom stereocenters. The second kappa shape index (κ2) is 7.13. The van der Waals surface area contributed by atoms with Crippen LogP contribution in [0.1, 0.15) is 64.2 Å². The lowest BCUT2D eigenvalue weighted by Crippen LogP contribution is -2.35. The van der Waals surface area contributed by atoms with Crippen molar-refractivity contribution < 1.29 is 18.9 Å². The van der Waals surface area contributed by atoms with Crippen LogP contribution in [-0.2, 0) is 18.9 Å². The topological polar surface area (TPSA) is 36.9 Å². The SMILES string of the molecule is C#CC[C@H]1OC2(CCCC2)O[C@@H]1C(=C)[C@H]1OC2(CCCC2)O[C@@H]1CC=C. The molecule has 0 amide bonds. The van der Waals surface area contributed by atoms with Crippen molar-refractivity contribution in [1.82, 2.24) is 0 Å². The van der Waals surface area contributed by atoms with Gasteiger partial charge < -0.3 is 18.9 Å². The summed E-state index contributed by atoms with van der Waals surface area (Å²) in [7, 11) is 0. The quantitative estimate of drug-likeness (QED) is 0.544. The van der Waals surface area contributed by atoms with Crippen molar-refractivity contribution in [2.45, 2.75) is 100 Å². The third-order valence-corrected chi connectivity index (χ3v) is 6.27. The summed E-state index contributed by atoms with van der Waals surface area (Å²) in [6.45, 7) is 8.26. The maximum Gasteiger partial charge on any atom is 0.169 e. The van der Waals surface area contributed by atoms with Gasteiger partial charge in [0.1, 0.15) is 18.3 Å². The molecule has 0 bridgehead atoms. The zero-order valence-electron chi connectivity index (χ0n) is 15.6. The predicted molar refractivity (Wildman–Crippen MR) is 99.3 cm³/mol. The fraction of sp³-hybridized carbons (Fsp3) is 0.727. The summed E-state index contributed by atoms with van der Waals surface area (Å²) in [5, 5.41) is 0. The van der Waals surface area contributed by atoms with E-state index in [2.05, 4.69) is 19.1 Å². The van der Waals surface area contributed by atoms with E-state index in [-0.39, 0.29) is 24.4 Å². The summed E-state index contributed by atoms with van der Waals surface area (Å²) in [6, 6.07) is 0. The summed E-state index contributed by atoms with van der Waals surface area (Å²) in [4.78, 5) is 0. The molecule has 0 aromatic rings. The minimum Gasteiger partial charge on any atom is -0.343 e. The van der Waals surface area contributed by atoms with E-state index < -0.39 is 11.6 Å². The highest BCUT2D eigenvalue weighted by Crippen LogP contribution is 2.48. The minimum atomic E-state index is -0.479. The van der Waals surface area contributed by atoms with Crippen LogP contribution in [0.5, 0.6) is 0 Å². The van der Waals surface area contributed by atoms with Crippen LogP contribution in [-0.4, -0.2) is 36.0 Å². The molecule has 0 unspecified atom stereocenters. The second-order valence-electron chi connectivity index (χ2n) is 8.13. The fourth-order valence-electron chi connectivity index (χ4n) is 5.04. The summed E-state index contributed by atoms with van der Waals surface area (Å²) < 4.78 is 25.6. The highest BCUT2D eigenvalue weighted by molar-refractivity contribution is 5.20. The zero-order valence-corrected chi connectivity index (χ0v) is 15.6. The lowest BCUT2D eigenvalue weighted by molar-refractivity contribution is -0.172. The Morgan fingerprint density at radius 3 is 1.92 bits per heavy atom. The van der Waals surface area contributed by atoms with Crippen molar-refractivity contribution in [3.05, 3.63) is 24.8 Å². The van der Waals surface area contributed by atoms with Gasteiger partial charge in [0, 0.05) is 32.1 Å². The van der Waals surface area contributed by atoms with Crippen LogP contribution in [0.15, 0.2) is 24.8 Å². The molecule has 2 saturated heterocycles. The van der Waals surface area contributed by atoms with E-state index in [1.165, 1.54) is 0 Å². The first-order chi connectivity index (χ1) is 12.6. The molecule has 4 rings (SSSR count). The largest absolute Gasteiger partial charge is 0.343 e. The van der Waals surface area contributed by atoms with Crippen molar-refractivity contribution in [3.8, 4) is 12.3 Å². The van der Waals surface area contributed by atoms with E-state index in [0.717, 1.165) is 63.4 Å². The minimum absolute atomic E-state index is 0.0617. The van der Waals surface area contributed by atoms with E-state index in [0.29, 0.717) is 6.42 Å². The molecule has 0 N–H and O–H groups in total. The van der Waals surface area contributed by atoms with Crippen LogP contribution >= 0.6 is 0 Å². The molecule has 142 valence electrons. The molecule has 0 aromatic heterocycles. The molecule has 4 aliphatic rings. The highest BCUT2D eigenvalue weighted by atomic mass is 16.8. The van der Waals surface area contributed by atoms with Crippen LogP contribution in [0.4, 0.5) is 0 Å². The normalized spacial score (nSPS) is 37.3. The summed E-state index contributed by atoms with van der Waals surface area (Å²) in [5.74, 6) is 1.81. The summed E-state index contributed by atoms with van der Waals surface area (Å²) in [5.41, 5.74) is 0.907. The number of ether oxygens (including phenoxy) is 4. The Hall–Kier alpha value is -1.12. The maximum absolute atomic E-state index is 6.47. The molecule has 4 heteroatoms. The van der Waals surface area contributed by atoms with E-state index in [4.69, 9.17) is 25.4 Å². The van der Waals surface area contributed by atoms with Crippen LogP contribution in [0.25, 0.3) is 0 Å². The number of terminal acetylenes is 1. The smallest absolute Gasteiger partial charge is 0.169 e. The van der Waals surface area contributed by atoms with E-state index >= 15 is 0 Å². The molecule has 0 aromatic carbocycles. The van der Waals surface area contributed by atoms with Gasteiger partial charge in [0.25, 0.3) is 0 Å². The molecular weight excluding hydrogens is 328 g/mol. The standard InChI is InChI=1S/C22H30O4/c1-4-10-17-19(25-21(23-17)12-6-7-13-21)16(3)20-18(11-5-2)24-22(26-20)14-8-9-15-22/h1,5,17-20H,2-3,6-15H2/t17-,18-,19-,20-/m1/s1. The van der Waals surface area contributed by atoms with Crippen molar-refractivity contribution in [1.29, 1.82) is 0 Å². The molecule has 2 aliphatic heterocycles. The Bertz CT molecular complexity index is 592. The van der Waals surface area contributed by atoms with Gasteiger partial charge in [-0.2, -0.15) is 0 Å². The Labute approximate surface area is 156 Å². The van der Waals surface area contributed by atoms with E-state index in [9.17, 15) is 0 Å². The van der Waals surface area contributed by atoms with Crippen molar-refractivity contribution in [2.75, 3.05) is 0 Å². The lowest BCUT2D eigenvalue weighted by atomic mass is 9.95. The molecule has 26 heavy (non-hydrogen) atoms. The first-order valence-electron chi connectivity index (χ1n) is 10.0. The summed E-state index contributed by atoms with van der Waals surface area (Å²) >= 11 is 0. The van der Waals surface area contributed by atoms with Crippen molar-refractivity contribution >= 4 is 0 Å². The van der Waals surface area contributed by atoms with Crippen LogP contribution in [0, 0.1) is 12.3 Å². The van der Waals surface area contributed by atoms with Gasteiger partial charge in [0.05, 0.1) is 6.10 Å². The molecule has 2 spiro atoms. The second-order valence-corrected chi connectivity index (χ2v) is 8.13. The van der Waals surface area contributed by atoms with Gasteiger partial charge >= 0.3 is 0 Å². The Kier molecular flexibility index (Phi) is 5.00. The molecular formula is C22H30O4. The fourth-order valence-corrected chi connectivity index (χ4v) is 5.04. The van der Waals surface area contributed by atoms with Gasteiger partial charge in [-0.3, -0.25) is 0 Å². The van der Waals surface area contributed by atoms with Crippen molar-refractivity contribution in [3.63, 3.8) is 0 Å². The lowest BCUT2D eigenvalue weighted by Gasteiger charge is -2.26. The highest BCUT2D eigenvalue weighted by Gasteiger charge is 2.55. The Balaban J connectivity index is 1.54. The average Bonchev–Trinajstić information content (AvgIpc) is 3.39. The van der Waals surface area contributed by atoms with Crippen LogP contribution < -0.4 is 0 Å². The van der Waals surface area contributed by atoms with Gasteiger partial charge in [-0.15, -0.1) is 18.9 Å². The Morgan fingerprint density at radius 1 is 0.923 bits per heavy atom. The molecule has 2 saturated carbocycles. The molecule has 4 fully saturated rings. The monoisotopic (exact) mass is 358 g/mol. The molecule has 4 nitrogen and oxygen atoms in total. The maximum atomic E-state index is 6.47.